The Kier molecular flexibility index (Phi) is 3.99. The van der Waals surface area contributed by atoms with Gasteiger partial charge in [-0.2, -0.15) is 13.2 Å². The number of allylic oxidation sites excluding steroid dienone is 1. The normalized spacial score (nSPS) is 12.7. The number of alkyl halides is 3. The second-order valence-corrected chi connectivity index (χ2v) is 3.35. The van der Waals surface area contributed by atoms with Crippen LogP contribution < -0.4 is 5.32 Å². The van der Waals surface area contributed by atoms with Crippen LogP contribution in [0, 0.1) is 0 Å². The molecule has 0 fully saturated rings. The fourth-order valence-electron chi connectivity index (χ4n) is 1.41. The number of nitrogens with one attached hydrogen (secondary N) is 1. The Morgan fingerprint density at radius 1 is 1.25 bits per heavy atom. The van der Waals surface area contributed by atoms with Crippen molar-refractivity contribution < 1.29 is 13.2 Å². The highest BCUT2D eigenvalue weighted by atomic mass is 19.4. The van der Waals surface area contributed by atoms with Crippen LogP contribution in [0.25, 0.3) is 5.70 Å². The first-order valence-corrected chi connectivity index (χ1v) is 5.04. The van der Waals surface area contributed by atoms with Gasteiger partial charge in [-0.1, -0.05) is 25.1 Å². The summed E-state index contributed by atoms with van der Waals surface area (Å²) in [4.78, 5) is 0. The van der Waals surface area contributed by atoms with Crippen LogP contribution in [-0.2, 0) is 6.18 Å². The SMILES string of the molecule is CC/C=C(\NC)c1ccc(C(F)(F)F)cc1. The average molecular weight is 229 g/mol. The first-order chi connectivity index (χ1) is 7.49. The van der Waals surface area contributed by atoms with E-state index in [1.807, 2.05) is 13.0 Å². The molecule has 1 aromatic carbocycles. The maximum atomic E-state index is 12.3. The van der Waals surface area contributed by atoms with E-state index < -0.39 is 11.7 Å². The molecule has 1 nitrogen and oxygen atoms in total. The Hall–Kier alpha value is -1.45. The maximum Gasteiger partial charge on any atom is 0.416 e. The smallest absolute Gasteiger partial charge is 0.388 e. The molecule has 0 radical (unpaired) electrons. The van der Waals surface area contributed by atoms with Crippen molar-refractivity contribution in [2.24, 2.45) is 0 Å². The Bertz CT molecular complexity index is 363. The highest BCUT2D eigenvalue weighted by Crippen LogP contribution is 2.29. The van der Waals surface area contributed by atoms with Gasteiger partial charge < -0.3 is 5.32 Å². The first-order valence-electron chi connectivity index (χ1n) is 5.04. The van der Waals surface area contributed by atoms with Crippen molar-refractivity contribution in [3.63, 3.8) is 0 Å². The van der Waals surface area contributed by atoms with Crippen molar-refractivity contribution in [1.29, 1.82) is 0 Å². The molecule has 16 heavy (non-hydrogen) atoms. The monoisotopic (exact) mass is 229 g/mol. The van der Waals surface area contributed by atoms with Crippen molar-refractivity contribution in [3.05, 3.63) is 41.5 Å². The fourth-order valence-corrected chi connectivity index (χ4v) is 1.41. The van der Waals surface area contributed by atoms with Crippen LogP contribution in [0.5, 0.6) is 0 Å². The standard InChI is InChI=1S/C12H14F3N/c1-3-4-11(16-2)9-5-7-10(8-6-9)12(13,14)15/h4-8,16H,3H2,1-2H3/b11-4-. The summed E-state index contributed by atoms with van der Waals surface area (Å²) < 4.78 is 37.0. The van der Waals surface area contributed by atoms with Gasteiger partial charge in [0, 0.05) is 12.7 Å². The van der Waals surface area contributed by atoms with Gasteiger partial charge in [-0.25, -0.2) is 0 Å². The summed E-state index contributed by atoms with van der Waals surface area (Å²) in [6.07, 6.45) is -1.51. The quantitative estimate of drug-likeness (QED) is 0.833. The molecule has 1 N–H and O–H groups in total. The zero-order valence-corrected chi connectivity index (χ0v) is 9.23. The first kappa shape index (κ1) is 12.6. The molecule has 0 heterocycles. The third-order valence-electron chi connectivity index (χ3n) is 2.20. The second kappa shape index (κ2) is 5.05. The van der Waals surface area contributed by atoms with Crippen LogP contribution in [0.2, 0.25) is 0 Å². The average Bonchev–Trinajstić information content (AvgIpc) is 2.25. The summed E-state index contributed by atoms with van der Waals surface area (Å²) >= 11 is 0. The molecule has 1 aromatic rings. The van der Waals surface area contributed by atoms with Gasteiger partial charge in [0.2, 0.25) is 0 Å². The second-order valence-electron chi connectivity index (χ2n) is 3.35. The lowest BCUT2D eigenvalue weighted by atomic mass is 10.1. The largest absolute Gasteiger partial charge is 0.416 e. The molecule has 1 rings (SSSR count). The molecule has 0 aliphatic carbocycles. The molecule has 0 aliphatic heterocycles. The maximum absolute atomic E-state index is 12.3. The van der Waals surface area contributed by atoms with E-state index in [0.29, 0.717) is 0 Å². The molecule has 0 spiro atoms. The van der Waals surface area contributed by atoms with Crippen LogP contribution in [0.4, 0.5) is 13.2 Å². The summed E-state index contributed by atoms with van der Waals surface area (Å²) in [5.74, 6) is 0. The lowest BCUT2D eigenvalue weighted by Crippen LogP contribution is -2.07. The lowest BCUT2D eigenvalue weighted by Gasteiger charge is -2.10. The zero-order valence-electron chi connectivity index (χ0n) is 9.23. The van der Waals surface area contributed by atoms with E-state index in [9.17, 15) is 13.2 Å². The van der Waals surface area contributed by atoms with Crippen LogP contribution in [0.3, 0.4) is 0 Å². The summed E-state index contributed by atoms with van der Waals surface area (Å²) in [6, 6.07) is 5.13. The number of hydrogen-bond acceptors (Lipinski definition) is 1. The highest BCUT2D eigenvalue weighted by Gasteiger charge is 2.29. The Morgan fingerprint density at radius 2 is 1.81 bits per heavy atom. The molecule has 4 heteroatoms. The van der Waals surface area contributed by atoms with Gasteiger partial charge in [-0.15, -0.1) is 0 Å². The Labute approximate surface area is 93.0 Å². The van der Waals surface area contributed by atoms with Gasteiger partial charge >= 0.3 is 6.18 Å². The van der Waals surface area contributed by atoms with Gasteiger partial charge in [0.1, 0.15) is 0 Å². The van der Waals surface area contributed by atoms with E-state index in [-0.39, 0.29) is 0 Å². The molecule has 0 saturated carbocycles. The summed E-state index contributed by atoms with van der Waals surface area (Å²) in [6.45, 7) is 1.97. The molecule has 0 amide bonds. The van der Waals surface area contributed by atoms with Crippen molar-refractivity contribution in [2.75, 3.05) is 7.05 Å². The van der Waals surface area contributed by atoms with Crippen LogP contribution in [-0.4, -0.2) is 7.05 Å². The topological polar surface area (TPSA) is 12.0 Å². The minimum atomic E-state index is -4.27. The lowest BCUT2D eigenvalue weighted by molar-refractivity contribution is -0.137. The van der Waals surface area contributed by atoms with E-state index in [1.165, 1.54) is 12.1 Å². The molecule has 0 aromatic heterocycles. The number of halogens is 3. The van der Waals surface area contributed by atoms with Crippen molar-refractivity contribution in [3.8, 4) is 0 Å². The van der Waals surface area contributed by atoms with E-state index in [0.717, 1.165) is 29.8 Å². The third kappa shape index (κ3) is 3.02. The Morgan fingerprint density at radius 3 is 2.19 bits per heavy atom. The predicted molar refractivity (Wildman–Crippen MR) is 58.8 cm³/mol. The minimum Gasteiger partial charge on any atom is -0.388 e. The minimum absolute atomic E-state index is 0.622. The summed E-state index contributed by atoms with van der Waals surface area (Å²) in [5, 5.41) is 2.96. The van der Waals surface area contributed by atoms with Gasteiger partial charge in [-0.3, -0.25) is 0 Å². The number of rotatable bonds is 3. The highest BCUT2D eigenvalue weighted by molar-refractivity contribution is 5.63. The molecular formula is C12H14F3N. The van der Waals surface area contributed by atoms with Crippen molar-refractivity contribution in [1.82, 2.24) is 5.32 Å². The number of benzene rings is 1. The van der Waals surface area contributed by atoms with E-state index in [2.05, 4.69) is 5.32 Å². The van der Waals surface area contributed by atoms with Crippen LogP contribution in [0.15, 0.2) is 30.3 Å². The molecule has 0 saturated heterocycles. The summed E-state index contributed by atoms with van der Waals surface area (Å²) in [7, 11) is 1.75. The van der Waals surface area contributed by atoms with E-state index in [4.69, 9.17) is 0 Å². The van der Waals surface area contributed by atoms with Gasteiger partial charge in [0.05, 0.1) is 5.56 Å². The summed E-state index contributed by atoms with van der Waals surface area (Å²) in [5.41, 5.74) is 0.983. The fraction of sp³-hybridized carbons (Fsp3) is 0.333. The van der Waals surface area contributed by atoms with Gasteiger partial charge in [0.15, 0.2) is 0 Å². The molecule has 0 unspecified atom stereocenters. The predicted octanol–water partition coefficient (Wildman–Crippen LogP) is 3.68. The van der Waals surface area contributed by atoms with Crippen molar-refractivity contribution in [2.45, 2.75) is 19.5 Å². The molecule has 0 bridgehead atoms. The molecule has 0 atom stereocenters. The zero-order chi connectivity index (χ0) is 12.2. The third-order valence-corrected chi connectivity index (χ3v) is 2.20. The van der Waals surface area contributed by atoms with Crippen LogP contribution >= 0.6 is 0 Å². The Balaban J connectivity index is 2.99. The van der Waals surface area contributed by atoms with E-state index >= 15 is 0 Å². The molecule has 0 aliphatic rings. The molecule has 88 valence electrons. The van der Waals surface area contributed by atoms with E-state index in [1.54, 1.807) is 7.05 Å². The molecular weight excluding hydrogens is 215 g/mol. The number of hydrogen-bond donors (Lipinski definition) is 1. The van der Waals surface area contributed by atoms with Crippen molar-refractivity contribution >= 4 is 5.70 Å². The van der Waals surface area contributed by atoms with Gasteiger partial charge in [-0.05, 0) is 24.1 Å². The van der Waals surface area contributed by atoms with Gasteiger partial charge in [0.25, 0.3) is 0 Å². The van der Waals surface area contributed by atoms with Crippen LogP contribution in [0.1, 0.15) is 24.5 Å².